The van der Waals surface area contributed by atoms with Gasteiger partial charge < -0.3 is 5.32 Å². The van der Waals surface area contributed by atoms with Gasteiger partial charge in [0.25, 0.3) is 5.56 Å². The van der Waals surface area contributed by atoms with E-state index in [-0.39, 0.29) is 17.2 Å². The lowest BCUT2D eigenvalue weighted by atomic mass is 10.1. The molecule has 2 aromatic carbocycles. The van der Waals surface area contributed by atoms with Gasteiger partial charge in [0.05, 0.1) is 16.7 Å². The predicted octanol–water partition coefficient (Wildman–Crippen LogP) is 5.14. The van der Waals surface area contributed by atoms with Crippen LogP contribution < -0.4 is 10.9 Å². The number of para-hydroxylation sites is 1. The van der Waals surface area contributed by atoms with Gasteiger partial charge in [-0.15, -0.1) is 0 Å². The number of rotatable bonds is 7. The third-order valence-corrected chi connectivity index (χ3v) is 6.02. The number of halogens is 1. The molecule has 0 saturated carbocycles. The minimum absolute atomic E-state index is 0.0650. The monoisotopic (exact) mass is 429 g/mol. The predicted molar refractivity (Wildman–Crippen MR) is 121 cm³/mol. The van der Waals surface area contributed by atoms with Crippen molar-refractivity contribution in [2.24, 2.45) is 5.92 Å². The third kappa shape index (κ3) is 5.19. The number of thioether (sulfide) groups is 1. The van der Waals surface area contributed by atoms with E-state index in [4.69, 9.17) is 11.6 Å². The minimum Gasteiger partial charge on any atom is -0.325 e. The molecule has 0 aliphatic rings. The lowest BCUT2D eigenvalue weighted by molar-refractivity contribution is -0.113. The topological polar surface area (TPSA) is 64.0 Å². The number of fused-ring (bicyclic) bond motifs is 1. The summed E-state index contributed by atoms with van der Waals surface area (Å²) in [4.78, 5) is 30.1. The summed E-state index contributed by atoms with van der Waals surface area (Å²) in [6.07, 6.45) is 0.862. The van der Waals surface area contributed by atoms with Crippen LogP contribution in [0.2, 0.25) is 5.02 Å². The summed E-state index contributed by atoms with van der Waals surface area (Å²) in [6, 6.07) is 12.7. The molecule has 0 saturated heterocycles. The molecule has 3 aromatic rings. The van der Waals surface area contributed by atoms with Crippen LogP contribution in [0.5, 0.6) is 0 Å². The van der Waals surface area contributed by atoms with Crippen molar-refractivity contribution in [1.29, 1.82) is 0 Å². The molecule has 7 heteroatoms. The standard InChI is InChI=1S/C22H24ClN3O2S/c1-14(2)11-12-26-21(28)16-7-4-5-9-19(16)25-22(26)29-13-20(27)24-18-10-6-8-17(23)15(18)3/h4-10,14H,11-13H2,1-3H3,(H,24,27). The molecule has 0 atom stereocenters. The molecule has 5 nitrogen and oxygen atoms in total. The molecule has 1 aromatic heterocycles. The van der Waals surface area contributed by atoms with Crippen LogP contribution in [0.1, 0.15) is 25.8 Å². The molecule has 0 radical (unpaired) electrons. The molecular weight excluding hydrogens is 406 g/mol. The van der Waals surface area contributed by atoms with Crippen LogP contribution in [0, 0.1) is 12.8 Å². The average Bonchev–Trinajstić information content (AvgIpc) is 2.69. The van der Waals surface area contributed by atoms with Crippen LogP contribution in [-0.2, 0) is 11.3 Å². The second kappa shape index (κ2) is 9.46. The van der Waals surface area contributed by atoms with Gasteiger partial charge in [0.2, 0.25) is 5.91 Å². The van der Waals surface area contributed by atoms with E-state index in [0.29, 0.717) is 39.2 Å². The van der Waals surface area contributed by atoms with Gasteiger partial charge >= 0.3 is 0 Å². The molecule has 3 rings (SSSR count). The normalized spacial score (nSPS) is 11.2. The van der Waals surface area contributed by atoms with Gasteiger partial charge in [-0.2, -0.15) is 0 Å². The van der Waals surface area contributed by atoms with Crippen LogP contribution in [-0.4, -0.2) is 21.2 Å². The summed E-state index contributed by atoms with van der Waals surface area (Å²) in [6.45, 7) is 6.67. The minimum atomic E-state index is -0.168. The number of aromatic nitrogens is 2. The van der Waals surface area contributed by atoms with E-state index in [2.05, 4.69) is 24.1 Å². The van der Waals surface area contributed by atoms with Crippen LogP contribution in [0.15, 0.2) is 52.4 Å². The zero-order chi connectivity index (χ0) is 21.0. The maximum atomic E-state index is 13.0. The van der Waals surface area contributed by atoms with Crippen molar-refractivity contribution in [3.63, 3.8) is 0 Å². The van der Waals surface area contributed by atoms with Gasteiger partial charge in [0.1, 0.15) is 0 Å². The molecule has 0 spiro atoms. The first-order valence-electron chi connectivity index (χ1n) is 9.54. The fourth-order valence-corrected chi connectivity index (χ4v) is 3.90. The van der Waals surface area contributed by atoms with Crippen LogP contribution in [0.4, 0.5) is 5.69 Å². The maximum absolute atomic E-state index is 13.0. The molecule has 0 fully saturated rings. The van der Waals surface area contributed by atoms with Crippen LogP contribution in [0.3, 0.4) is 0 Å². The van der Waals surface area contributed by atoms with Crippen LogP contribution in [0.25, 0.3) is 10.9 Å². The first kappa shape index (κ1) is 21.4. The molecule has 0 unspecified atom stereocenters. The van der Waals surface area contributed by atoms with Gasteiger partial charge in [-0.1, -0.05) is 55.4 Å². The van der Waals surface area contributed by atoms with E-state index in [9.17, 15) is 9.59 Å². The Hall–Kier alpha value is -2.31. The maximum Gasteiger partial charge on any atom is 0.262 e. The number of anilines is 1. The Kier molecular flexibility index (Phi) is 6.98. The number of amides is 1. The fourth-order valence-electron chi connectivity index (χ4n) is 2.90. The first-order valence-corrected chi connectivity index (χ1v) is 10.9. The van der Waals surface area contributed by atoms with E-state index in [1.54, 1.807) is 22.8 Å². The summed E-state index contributed by atoms with van der Waals surface area (Å²) in [7, 11) is 0. The average molecular weight is 430 g/mol. The highest BCUT2D eigenvalue weighted by Gasteiger charge is 2.14. The summed E-state index contributed by atoms with van der Waals surface area (Å²) < 4.78 is 1.69. The van der Waals surface area contributed by atoms with Crippen molar-refractivity contribution in [2.45, 2.75) is 38.9 Å². The number of carbonyl (C=O) groups is 1. The molecule has 0 aliphatic heterocycles. The Morgan fingerprint density at radius 3 is 2.72 bits per heavy atom. The summed E-state index contributed by atoms with van der Waals surface area (Å²) in [5.41, 5.74) is 2.09. The molecule has 0 bridgehead atoms. The molecule has 1 heterocycles. The van der Waals surface area contributed by atoms with Crippen molar-refractivity contribution >= 4 is 45.9 Å². The van der Waals surface area contributed by atoms with Crippen molar-refractivity contribution in [1.82, 2.24) is 9.55 Å². The largest absolute Gasteiger partial charge is 0.325 e. The Balaban J connectivity index is 1.82. The van der Waals surface area contributed by atoms with Crippen molar-refractivity contribution < 1.29 is 4.79 Å². The van der Waals surface area contributed by atoms with Gasteiger partial charge in [-0.05, 0) is 49.1 Å². The SMILES string of the molecule is Cc1c(Cl)cccc1NC(=O)CSc1nc2ccccc2c(=O)n1CCC(C)C. The van der Waals surface area contributed by atoms with E-state index in [0.717, 1.165) is 12.0 Å². The quantitative estimate of drug-likeness (QED) is 0.417. The Labute approximate surface area is 179 Å². The van der Waals surface area contributed by atoms with E-state index in [1.807, 2.05) is 31.2 Å². The lowest BCUT2D eigenvalue weighted by Gasteiger charge is -2.14. The summed E-state index contributed by atoms with van der Waals surface area (Å²) in [5.74, 6) is 0.441. The molecule has 29 heavy (non-hydrogen) atoms. The van der Waals surface area contributed by atoms with E-state index in [1.165, 1.54) is 11.8 Å². The Morgan fingerprint density at radius 1 is 1.21 bits per heavy atom. The highest BCUT2D eigenvalue weighted by Crippen LogP contribution is 2.24. The second-order valence-corrected chi connectivity index (χ2v) is 8.65. The zero-order valence-corrected chi connectivity index (χ0v) is 18.3. The zero-order valence-electron chi connectivity index (χ0n) is 16.7. The van der Waals surface area contributed by atoms with Gasteiger partial charge in [0, 0.05) is 17.3 Å². The summed E-state index contributed by atoms with van der Waals surface area (Å²) >= 11 is 7.39. The third-order valence-electron chi connectivity index (χ3n) is 4.63. The second-order valence-electron chi connectivity index (χ2n) is 7.30. The number of carbonyl (C=O) groups excluding carboxylic acids is 1. The Morgan fingerprint density at radius 2 is 1.97 bits per heavy atom. The number of hydrogen-bond donors (Lipinski definition) is 1. The highest BCUT2D eigenvalue weighted by molar-refractivity contribution is 7.99. The molecule has 1 N–H and O–H groups in total. The molecule has 1 amide bonds. The van der Waals surface area contributed by atoms with Crippen molar-refractivity contribution in [2.75, 3.05) is 11.1 Å². The van der Waals surface area contributed by atoms with Gasteiger partial charge in [-0.3, -0.25) is 14.2 Å². The van der Waals surface area contributed by atoms with Crippen LogP contribution >= 0.6 is 23.4 Å². The Bertz CT molecular complexity index is 1100. The van der Waals surface area contributed by atoms with Crippen molar-refractivity contribution in [3.8, 4) is 0 Å². The summed E-state index contributed by atoms with van der Waals surface area (Å²) in [5, 5.41) is 4.65. The number of benzene rings is 2. The molecule has 0 aliphatic carbocycles. The smallest absolute Gasteiger partial charge is 0.262 e. The van der Waals surface area contributed by atoms with E-state index >= 15 is 0 Å². The highest BCUT2D eigenvalue weighted by atomic mass is 35.5. The number of hydrogen-bond acceptors (Lipinski definition) is 4. The first-order chi connectivity index (χ1) is 13.9. The van der Waals surface area contributed by atoms with Crippen molar-refractivity contribution in [3.05, 3.63) is 63.4 Å². The van der Waals surface area contributed by atoms with Gasteiger partial charge in [0.15, 0.2) is 5.16 Å². The molecular formula is C22H24ClN3O2S. The van der Waals surface area contributed by atoms with E-state index < -0.39 is 0 Å². The lowest BCUT2D eigenvalue weighted by Crippen LogP contribution is -2.25. The number of nitrogens with one attached hydrogen (secondary N) is 1. The number of nitrogens with zero attached hydrogens (tertiary/aromatic N) is 2. The van der Waals surface area contributed by atoms with Gasteiger partial charge in [-0.25, -0.2) is 4.98 Å². The molecule has 152 valence electrons. The fraction of sp³-hybridized carbons (Fsp3) is 0.318.